The summed E-state index contributed by atoms with van der Waals surface area (Å²) in [6.07, 6.45) is 1.56. The predicted molar refractivity (Wildman–Crippen MR) is 58.3 cm³/mol. The number of carbonyl (C=O) groups excluding carboxylic acids is 1. The molecule has 0 aliphatic heterocycles. The molecule has 0 bridgehead atoms. The smallest absolute Gasteiger partial charge is 0.163 e. The molecule has 1 aromatic rings. The topological polar surface area (TPSA) is 17.1 Å². The second-order valence-electron chi connectivity index (χ2n) is 2.96. The van der Waals surface area contributed by atoms with Gasteiger partial charge in [0.25, 0.3) is 0 Å². The van der Waals surface area contributed by atoms with Crippen molar-refractivity contribution in [2.45, 2.75) is 25.1 Å². The normalized spacial score (nSPS) is 10.0. The van der Waals surface area contributed by atoms with Gasteiger partial charge in [-0.2, -0.15) is 0 Å². The van der Waals surface area contributed by atoms with Crippen LogP contribution < -0.4 is 0 Å². The van der Waals surface area contributed by atoms with Gasteiger partial charge in [-0.1, -0.05) is 47.1 Å². The molecule has 0 aromatic heterocycles. The van der Waals surface area contributed by atoms with Crippen molar-refractivity contribution in [3.8, 4) is 0 Å². The molecule has 0 amide bonds. The average Bonchev–Trinajstić information content (AvgIpc) is 2.18. The Bertz CT molecular complexity index is 294. The van der Waals surface area contributed by atoms with Crippen molar-refractivity contribution < 1.29 is 4.79 Å². The predicted octanol–water partition coefficient (Wildman–Crippen LogP) is 3.56. The van der Waals surface area contributed by atoms with Crippen LogP contribution in [0.5, 0.6) is 0 Å². The zero-order valence-electron chi connectivity index (χ0n) is 7.72. The van der Waals surface area contributed by atoms with E-state index in [1.807, 2.05) is 31.2 Å². The van der Waals surface area contributed by atoms with Crippen molar-refractivity contribution in [2.75, 3.05) is 0 Å². The summed E-state index contributed by atoms with van der Waals surface area (Å²) in [5, 5.41) is 0.749. The van der Waals surface area contributed by atoms with Crippen LogP contribution >= 0.6 is 15.9 Å². The standard InChI is InChI=1S/C11H13BrO/c1-2-5-11(13)10-7-4-3-6-9(10)8-12/h3-4,6-7H,2,5,8H2,1H3. The fraction of sp³-hybridized carbons (Fsp3) is 0.364. The van der Waals surface area contributed by atoms with E-state index in [0.717, 1.165) is 22.9 Å². The summed E-state index contributed by atoms with van der Waals surface area (Å²) < 4.78 is 0. The lowest BCUT2D eigenvalue weighted by molar-refractivity contribution is 0.0981. The number of halogens is 1. The van der Waals surface area contributed by atoms with Crippen molar-refractivity contribution in [3.05, 3.63) is 35.4 Å². The van der Waals surface area contributed by atoms with Crippen LogP contribution in [0.15, 0.2) is 24.3 Å². The number of carbonyl (C=O) groups is 1. The second kappa shape index (κ2) is 5.18. The molecule has 0 saturated carbocycles. The van der Waals surface area contributed by atoms with Crippen LogP contribution in [0.4, 0.5) is 0 Å². The SMILES string of the molecule is CCCC(=O)c1ccccc1CBr. The van der Waals surface area contributed by atoms with Crippen molar-refractivity contribution in [2.24, 2.45) is 0 Å². The molecular weight excluding hydrogens is 228 g/mol. The minimum absolute atomic E-state index is 0.248. The van der Waals surface area contributed by atoms with Gasteiger partial charge in [-0.25, -0.2) is 0 Å². The fourth-order valence-corrected chi connectivity index (χ4v) is 1.76. The first-order valence-electron chi connectivity index (χ1n) is 4.46. The Morgan fingerprint density at radius 3 is 2.69 bits per heavy atom. The number of rotatable bonds is 4. The van der Waals surface area contributed by atoms with E-state index in [1.54, 1.807) is 0 Å². The lowest BCUT2D eigenvalue weighted by atomic mass is 10.0. The molecule has 0 spiro atoms. The molecule has 0 heterocycles. The highest BCUT2D eigenvalue weighted by Crippen LogP contribution is 2.14. The third-order valence-electron chi connectivity index (χ3n) is 1.94. The van der Waals surface area contributed by atoms with Crippen molar-refractivity contribution in [3.63, 3.8) is 0 Å². The van der Waals surface area contributed by atoms with Gasteiger partial charge >= 0.3 is 0 Å². The van der Waals surface area contributed by atoms with Gasteiger partial charge in [0.05, 0.1) is 0 Å². The maximum atomic E-state index is 11.6. The van der Waals surface area contributed by atoms with Gasteiger partial charge in [0.1, 0.15) is 0 Å². The molecule has 0 saturated heterocycles. The summed E-state index contributed by atoms with van der Waals surface area (Å²) in [4.78, 5) is 11.6. The van der Waals surface area contributed by atoms with Gasteiger partial charge < -0.3 is 0 Å². The first kappa shape index (κ1) is 10.5. The third-order valence-corrected chi connectivity index (χ3v) is 2.54. The van der Waals surface area contributed by atoms with E-state index in [4.69, 9.17) is 0 Å². The van der Waals surface area contributed by atoms with Crippen LogP contribution in [0.3, 0.4) is 0 Å². The summed E-state index contributed by atoms with van der Waals surface area (Å²) in [6.45, 7) is 2.02. The zero-order valence-corrected chi connectivity index (χ0v) is 9.30. The fourth-order valence-electron chi connectivity index (χ4n) is 1.27. The van der Waals surface area contributed by atoms with E-state index < -0.39 is 0 Å². The van der Waals surface area contributed by atoms with E-state index >= 15 is 0 Å². The Labute approximate surface area is 87.3 Å². The lowest BCUT2D eigenvalue weighted by Gasteiger charge is -2.04. The first-order valence-corrected chi connectivity index (χ1v) is 5.58. The molecular formula is C11H13BrO. The summed E-state index contributed by atoms with van der Waals surface area (Å²) in [7, 11) is 0. The van der Waals surface area contributed by atoms with Crippen LogP contribution in [0, 0.1) is 0 Å². The highest BCUT2D eigenvalue weighted by Gasteiger charge is 2.07. The lowest BCUT2D eigenvalue weighted by Crippen LogP contribution is -2.01. The molecule has 2 heteroatoms. The van der Waals surface area contributed by atoms with Crippen molar-refractivity contribution in [1.82, 2.24) is 0 Å². The number of alkyl halides is 1. The molecule has 13 heavy (non-hydrogen) atoms. The Hall–Kier alpha value is -0.630. The monoisotopic (exact) mass is 240 g/mol. The van der Waals surface area contributed by atoms with Gasteiger partial charge in [-0.05, 0) is 12.0 Å². The molecule has 0 radical (unpaired) electrons. The largest absolute Gasteiger partial charge is 0.294 e. The molecule has 0 atom stereocenters. The Kier molecular flexibility index (Phi) is 4.16. The van der Waals surface area contributed by atoms with E-state index in [0.29, 0.717) is 6.42 Å². The highest BCUT2D eigenvalue weighted by atomic mass is 79.9. The molecule has 0 aliphatic carbocycles. The van der Waals surface area contributed by atoms with Gasteiger partial charge in [-0.3, -0.25) is 4.79 Å². The highest BCUT2D eigenvalue weighted by molar-refractivity contribution is 9.08. The van der Waals surface area contributed by atoms with E-state index in [9.17, 15) is 4.79 Å². The van der Waals surface area contributed by atoms with Crippen LogP contribution in [0.25, 0.3) is 0 Å². The third kappa shape index (κ3) is 2.66. The maximum absolute atomic E-state index is 11.6. The van der Waals surface area contributed by atoms with Gasteiger partial charge in [0, 0.05) is 17.3 Å². The summed E-state index contributed by atoms with van der Waals surface area (Å²) in [5.41, 5.74) is 1.95. The van der Waals surface area contributed by atoms with Crippen molar-refractivity contribution >= 4 is 21.7 Å². The minimum Gasteiger partial charge on any atom is -0.294 e. The zero-order chi connectivity index (χ0) is 9.68. The van der Waals surface area contributed by atoms with Gasteiger partial charge in [0.2, 0.25) is 0 Å². The molecule has 0 unspecified atom stereocenters. The molecule has 1 rings (SSSR count). The Balaban J connectivity index is 2.92. The van der Waals surface area contributed by atoms with Crippen molar-refractivity contribution in [1.29, 1.82) is 0 Å². The van der Waals surface area contributed by atoms with Crippen LogP contribution in [-0.4, -0.2) is 5.78 Å². The van der Waals surface area contributed by atoms with Crippen LogP contribution in [0.2, 0.25) is 0 Å². The summed E-state index contributed by atoms with van der Waals surface area (Å²) in [6, 6.07) is 7.75. The second-order valence-corrected chi connectivity index (χ2v) is 3.52. The van der Waals surface area contributed by atoms with Crippen LogP contribution in [-0.2, 0) is 5.33 Å². The summed E-state index contributed by atoms with van der Waals surface area (Å²) in [5.74, 6) is 0.248. The van der Waals surface area contributed by atoms with E-state index in [2.05, 4.69) is 15.9 Å². The number of hydrogen-bond donors (Lipinski definition) is 0. The molecule has 0 fully saturated rings. The van der Waals surface area contributed by atoms with Gasteiger partial charge in [0.15, 0.2) is 5.78 Å². The first-order chi connectivity index (χ1) is 6.29. The minimum atomic E-state index is 0.248. The van der Waals surface area contributed by atoms with E-state index in [-0.39, 0.29) is 5.78 Å². The molecule has 0 aliphatic rings. The molecule has 0 N–H and O–H groups in total. The van der Waals surface area contributed by atoms with E-state index in [1.165, 1.54) is 0 Å². The number of Topliss-reactive ketones (excluding diaryl/α,β-unsaturated/α-hetero) is 1. The quantitative estimate of drug-likeness (QED) is 0.581. The average molecular weight is 241 g/mol. The maximum Gasteiger partial charge on any atom is 0.163 e. The molecule has 70 valence electrons. The Morgan fingerprint density at radius 2 is 2.08 bits per heavy atom. The molecule has 1 aromatic carbocycles. The number of ketones is 1. The molecule has 1 nitrogen and oxygen atoms in total. The Morgan fingerprint density at radius 1 is 1.38 bits per heavy atom. The van der Waals surface area contributed by atoms with Gasteiger partial charge in [-0.15, -0.1) is 0 Å². The summed E-state index contributed by atoms with van der Waals surface area (Å²) >= 11 is 3.38. The number of benzene rings is 1. The van der Waals surface area contributed by atoms with Crippen LogP contribution in [0.1, 0.15) is 35.7 Å². The number of hydrogen-bond acceptors (Lipinski definition) is 1.